The molecule has 0 aliphatic rings. The van der Waals surface area contributed by atoms with Crippen molar-refractivity contribution in [1.29, 1.82) is 0 Å². The minimum atomic E-state index is 0.579. The molecule has 0 saturated heterocycles. The quantitative estimate of drug-likeness (QED) is 0.172. The summed E-state index contributed by atoms with van der Waals surface area (Å²) in [7, 11) is 0. The lowest BCUT2D eigenvalue weighted by Crippen LogP contribution is -2.06. The van der Waals surface area contributed by atoms with Gasteiger partial charge >= 0.3 is 0 Å². The Labute approximate surface area is 323 Å². The summed E-state index contributed by atoms with van der Waals surface area (Å²) in [6.07, 6.45) is 0. The molecular formula is C51H33N5. The van der Waals surface area contributed by atoms with E-state index in [1.807, 2.05) is 60.7 Å². The van der Waals surface area contributed by atoms with Crippen LogP contribution < -0.4 is 0 Å². The van der Waals surface area contributed by atoms with E-state index in [-0.39, 0.29) is 0 Å². The Balaban J connectivity index is 1.21. The molecule has 0 fully saturated rings. The van der Waals surface area contributed by atoms with E-state index in [1.54, 1.807) is 0 Å². The van der Waals surface area contributed by atoms with E-state index >= 15 is 0 Å². The zero-order chi connectivity index (χ0) is 37.0. The number of aromatic nitrogens is 5. The van der Waals surface area contributed by atoms with E-state index in [9.17, 15) is 0 Å². The Morgan fingerprint density at radius 2 is 0.661 bits per heavy atom. The lowest BCUT2D eigenvalue weighted by molar-refractivity contribution is 0.954. The molecule has 0 amide bonds. The summed E-state index contributed by atoms with van der Waals surface area (Å²) in [4.78, 5) is 15.3. The molecule has 11 aromatic rings. The first kappa shape index (κ1) is 31.9. The van der Waals surface area contributed by atoms with E-state index in [0.717, 1.165) is 55.0 Å². The van der Waals surface area contributed by atoms with Crippen molar-refractivity contribution in [2.75, 3.05) is 0 Å². The number of hydrogen-bond donors (Lipinski definition) is 0. The van der Waals surface area contributed by atoms with Crippen LogP contribution in [0.2, 0.25) is 0 Å². The number of para-hydroxylation sites is 2. The van der Waals surface area contributed by atoms with Gasteiger partial charge in [0.05, 0.1) is 22.1 Å². The summed E-state index contributed by atoms with van der Waals surface area (Å²) in [6.45, 7) is 0. The molecule has 8 aromatic carbocycles. The average molecular weight is 716 g/mol. The van der Waals surface area contributed by atoms with Gasteiger partial charge in [-0.15, -0.1) is 0 Å². The standard InChI is InChI=1S/C51H33N5/c1-5-17-34(18-6-1)38-29-39(35-19-7-2-8-20-35)31-40(30-38)55-45-27-15-13-25-41(45)43-33-48-44(32-47(43)55)42-26-14-16-28-46(42)56(48)51-53-49(36-21-9-3-10-22-36)52-50(54-51)37-23-11-4-12-24-37/h1-33H. The second-order valence-electron chi connectivity index (χ2n) is 14.1. The maximum Gasteiger partial charge on any atom is 0.238 e. The number of hydrogen-bond acceptors (Lipinski definition) is 3. The summed E-state index contributed by atoms with van der Waals surface area (Å²) in [6, 6.07) is 70.5. The fourth-order valence-electron chi connectivity index (χ4n) is 8.16. The minimum Gasteiger partial charge on any atom is -0.309 e. The van der Waals surface area contributed by atoms with Crippen LogP contribution in [0.1, 0.15) is 0 Å². The van der Waals surface area contributed by atoms with Crippen LogP contribution >= 0.6 is 0 Å². The highest BCUT2D eigenvalue weighted by atomic mass is 15.2. The zero-order valence-electron chi connectivity index (χ0n) is 30.3. The molecule has 11 rings (SSSR count). The highest BCUT2D eigenvalue weighted by molar-refractivity contribution is 6.19. The molecule has 0 bridgehead atoms. The van der Waals surface area contributed by atoms with Gasteiger partial charge in [0.2, 0.25) is 5.95 Å². The van der Waals surface area contributed by atoms with Gasteiger partial charge in [-0.1, -0.05) is 158 Å². The Morgan fingerprint density at radius 1 is 0.268 bits per heavy atom. The molecule has 0 saturated carbocycles. The molecule has 0 atom stereocenters. The van der Waals surface area contributed by atoms with Gasteiger partial charge in [0, 0.05) is 38.4 Å². The van der Waals surface area contributed by atoms with Gasteiger partial charge < -0.3 is 4.57 Å². The smallest absolute Gasteiger partial charge is 0.238 e. The van der Waals surface area contributed by atoms with Crippen molar-refractivity contribution in [3.63, 3.8) is 0 Å². The zero-order valence-corrected chi connectivity index (χ0v) is 30.3. The molecule has 0 unspecified atom stereocenters. The summed E-state index contributed by atoms with van der Waals surface area (Å²) in [5, 5.41) is 4.59. The van der Waals surface area contributed by atoms with Gasteiger partial charge in [0.25, 0.3) is 0 Å². The number of rotatable bonds is 6. The lowest BCUT2D eigenvalue weighted by atomic mass is 9.98. The molecule has 0 radical (unpaired) electrons. The summed E-state index contributed by atoms with van der Waals surface area (Å²) < 4.78 is 4.64. The maximum absolute atomic E-state index is 5.18. The molecule has 5 heteroatoms. The van der Waals surface area contributed by atoms with Crippen molar-refractivity contribution in [2.45, 2.75) is 0 Å². The normalized spacial score (nSPS) is 11.6. The Kier molecular flexibility index (Phi) is 7.42. The summed E-state index contributed by atoms with van der Waals surface area (Å²) in [5.41, 5.74) is 12.0. The predicted octanol–water partition coefficient (Wildman–Crippen LogP) is 12.7. The Hall–Kier alpha value is -7.63. The van der Waals surface area contributed by atoms with Crippen LogP contribution in [0.4, 0.5) is 0 Å². The van der Waals surface area contributed by atoms with E-state index in [0.29, 0.717) is 17.6 Å². The van der Waals surface area contributed by atoms with E-state index < -0.39 is 0 Å². The lowest BCUT2D eigenvalue weighted by Gasteiger charge is -2.14. The largest absolute Gasteiger partial charge is 0.309 e. The van der Waals surface area contributed by atoms with Crippen LogP contribution in [0.3, 0.4) is 0 Å². The predicted molar refractivity (Wildman–Crippen MR) is 230 cm³/mol. The fraction of sp³-hybridized carbons (Fsp3) is 0. The highest BCUT2D eigenvalue weighted by Crippen LogP contribution is 2.41. The van der Waals surface area contributed by atoms with Crippen molar-refractivity contribution in [3.8, 4) is 56.7 Å². The first-order chi connectivity index (χ1) is 27.8. The molecule has 0 N–H and O–H groups in total. The SMILES string of the molecule is c1ccc(-c2cc(-c3ccccc3)cc(-n3c4ccccc4c4cc5c(cc43)c3ccccc3n5-c3nc(-c4ccccc4)nc(-c4ccccc4)n3)c2)cc1. The van der Waals surface area contributed by atoms with Crippen molar-refractivity contribution in [3.05, 3.63) is 200 Å². The fourth-order valence-corrected chi connectivity index (χ4v) is 8.16. The van der Waals surface area contributed by atoms with Crippen LogP contribution in [0.25, 0.3) is 100 Å². The topological polar surface area (TPSA) is 48.5 Å². The van der Waals surface area contributed by atoms with Gasteiger partial charge in [0.1, 0.15) is 0 Å². The molecule has 5 nitrogen and oxygen atoms in total. The van der Waals surface area contributed by atoms with E-state index in [1.165, 1.54) is 27.6 Å². The van der Waals surface area contributed by atoms with Crippen LogP contribution in [0, 0.1) is 0 Å². The third-order valence-corrected chi connectivity index (χ3v) is 10.7. The van der Waals surface area contributed by atoms with Gasteiger partial charge in [-0.3, -0.25) is 4.57 Å². The number of benzene rings is 8. The summed E-state index contributed by atoms with van der Waals surface area (Å²) >= 11 is 0. The van der Waals surface area contributed by atoms with Crippen LogP contribution in [-0.2, 0) is 0 Å². The summed E-state index contributed by atoms with van der Waals surface area (Å²) in [5.74, 6) is 1.84. The monoisotopic (exact) mass is 715 g/mol. The molecule has 0 aliphatic heterocycles. The van der Waals surface area contributed by atoms with Crippen molar-refractivity contribution < 1.29 is 0 Å². The van der Waals surface area contributed by atoms with Crippen LogP contribution in [0.5, 0.6) is 0 Å². The van der Waals surface area contributed by atoms with Gasteiger partial charge in [-0.25, -0.2) is 4.98 Å². The number of fused-ring (bicyclic) bond motifs is 6. The van der Waals surface area contributed by atoms with Gasteiger partial charge in [-0.05, 0) is 64.7 Å². The Bertz CT molecular complexity index is 2890. The first-order valence-corrected chi connectivity index (χ1v) is 18.9. The maximum atomic E-state index is 5.18. The molecule has 3 heterocycles. The third-order valence-electron chi connectivity index (χ3n) is 10.7. The first-order valence-electron chi connectivity index (χ1n) is 18.9. The molecule has 262 valence electrons. The third kappa shape index (κ3) is 5.29. The van der Waals surface area contributed by atoms with Crippen LogP contribution in [-0.4, -0.2) is 24.1 Å². The molecular weight excluding hydrogens is 683 g/mol. The van der Waals surface area contributed by atoms with Crippen LogP contribution in [0.15, 0.2) is 200 Å². The molecule has 0 aliphatic carbocycles. The molecule has 3 aromatic heterocycles. The highest BCUT2D eigenvalue weighted by Gasteiger charge is 2.21. The van der Waals surface area contributed by atoms with E-state index in [2.05, 4.69) is 149 Å². The van der Waals surface area contributed by atoms with Crippen molar-refractivity contribution >= 4 is 43.6 Å². The van der Waals surface area contributed by atoms with Gasteiger partial charge in [-0.2, -0.15) is 9.97 Å². The van der Waals surface area contributed by atoms with Crippen molar-refractivity contribution in [1.82, 2.24) is 24.1 Å². The van der Waals surface area contributed by atoms with E-state index in [4.69, 9.17) is 15.0 Å². The molecule has 0 spiro atoms. The average Bonchev–Trinajstić information content (AvgIpc) is 3.78. The Morgan fingerprint density at radius 3 is 1.14 bits per heavy atom. The van der Waals surface area contributed by atoms with Crippen molar-refractivity contribution in [2.24, 2.45) is 0 Å². The second-order valence-corrected chi connectivity index (χ2v) is 14.1. The number of nitrogens with zero attached hydrogens (tertiary/aromatic N) is 5. The molecule has 56 heavy (non-hydrogen) atoms. The second kappa shape index (κ2) is 13.0. The minimum absolute atomic E-state index is 0.579. The van der Waals surface area contributed by atoms with Gasteiger partial charge in [0.15, 0.2) is 11.6 Å².